The Morgan fingerprint density at radius 3 is 2.65 bits per heavy atom. The minimum atomic E-state index is -0.198. The highest BCUT2D eigenvalue weighted by Gasteiger charge is 2.29. The van der Waals surface area contributed by atoms with E-state index in [1.807, 2.05) is 18.3 Å². The van der Waals surface area contributed by atoms with E-state index in [0.29, 0.717) is 17.8 Å². The molecular weight excluding hydrogens is 393 g/mol. The Morgan fingerprint density at radius 2 is 1.81 bits per heavy atom. The first-order valence-corrected chi connectivity index (χ1v) is 11.0. The Balaban J connectivity index is 1.20. The zero-order valence-electron chi connectivity index (χ0n) is 17.4. The Kier molecular flexibility index (Phi) is 4.33. The SMILES string of the molecule is CC(c1nc2cc3c(cc2[nH]1)OCO3)[C@H]1CC[C@@H](c2ccnc3ccc(F)cc32)CC1. The molecule has 31 heavy (non-hydrogen) atoms. The maximum atomic E-state index is 13.8. The normalized spacial score (nSPS) is 21.6. The van der Waals surface area contributed by atoms with Crippen molar-refractivity contribution >= 4 is 21.9 Å². The van der Waals surface area contributed by atoms with Crippen molar-refractivity contribution in [3.63, 3.8) is 0 Å². The minimum absolute atomic E-state index is 0.198. The van der Waals surface area contributed by atoms with Crippen LogP contribution in [-0.4, -0.2) is 21.7 Å². The minimum Gasteiger partial charge on any atom is -0.454 e. The Hall–Kier alpha value is -3.15. The molecule has 5 nitrogen and oxygen atoms in total. The number of hydrogen-bond donors (Lipinski definition) is 1. The third-order valence-corrected chi connectivity index (χ3v) is 7.08. The highest BCUT2D eigenvalue weighted by atomic mass is 19.1. The van der Waals surface area contributed by atoms with E-state index in [1.54, 1.807) is 12.1 Å². The summed E-state index contributed by atoms with van der Waals surface area (Å²) in [5.74, 6) is 3.73. The van der Waals surface area contributed by atoms with Crippen LogP contribution in [0.2, 0.25) is 0 Å². The molecule has 1 atom stereocenters. The number of nitrogens with one attached hydrogen (secondary N) is 1. The van der Waals surface area contributed by atoms with Crippen LogP contribution in [-0.2, 0) is 0 Å². The second kappa shape index (κ2) is 7.22. The first-order chi connectivity index (χ1) is 15.2. The van der Waals surface area contributed by atoms with E-state index in [9.17, 15) is 4.39 Å². The van der Waals surface area contributed by atoms with Crippen LogP contribution >= 0.6 is 0 Å². The molecule has 2 aromatic heterocycles. The van der Waals surface area contributed by atoms with E-state index < -0.39 is 0 Å². The van der Waals surface area contributed by atoms with Crippen molar-refractivity contribution in [2.24, 2.45) is 5.92 Å². The van der Waals surface area contributed by atoms with Crippen LogP contribution in [0.15, 0.2) is 42.6 Å². The lowest BCUT2D eigenvalue weighted by molar-refractivity contribution is 0.174. The summed E-state index contributed by atoms with van der Waals surface area (Å²) in [6, 6.07) is 10.9. The van der Waals surface area contributed by atoms with Crippen LogP contribution in [0.1, 0.15) is 55.8 Å². The van der Waals surface area contributed by atoms with Crippen LogP contribution in [0, 0.1) is 11.7 Å². The smallest absolute Gasteiger partial charge is 0.231 e. The van der Waals surface area contributed by atoms with Gasteiger partial charge in [0.25, 0.3) is 0 Å². The molecule has 3 heterocycles. The van der Waals surface area contributed by atoms with E-state index in [1.165, 1.54) is 11.6 Å². The molecular formula is C25H24FN3O2. The quantitative estimate of drug-likeness (QED) is 0.440. The number of pyridine rings is 1. The van der Waals surface area contributed by atoms with Crippen LogP contribution in [0.3, 0.4) is 0 Å². The zero-order chi connectivity index (χ0) is 20.9. The molecule has 1 fully saturated rings. The average Bonchev–Trinajstić information content (AvgIpc) is 3.42. The average molecular weight is 417 g/mol. The predicted octanol–water partition coefficient (Wildman–Crippen LogP) is 6.06. The molecule has 1 N–H and O–H groups in total. The zero-order valence-corrected chi connectivity index (χ0v) is 17.4. The van der Waals surface area contributed by atoms with Crippen LogP contribution < -0.4 is 9.47 Å². The van der Waals surface area contributed by atoms with Crippen LogP contribution in [0.5, 0.6) is 11.5 Å². The topological polar surface area (TPSA) is 60.0 Å². The fraction of sp³-hybridized carbons (Fsp3) is 0.360. The number of hydrogen-bond acceptors (Lipinski definition) is 4. The van der Waals surface area contributed by atoms with E-state index >= 15 is 0 Å². The molecule has 1 aliphatic carbocycles. The summed E-state index contributed by atoms with van der Waals surface area (Å²) >= 11 is 0. The number of aromatic amines is 1. The number of benzene rings is 2. The van der Waals surface area contributed by atoms with Crippen LogP contribution in [0.4, 0.5) is 4.39 Å². The van der Waals surface area contributed by atoms with Gasteiger partial charge in [-0.2, -0.15) is 0 Å². The summed E-state index contributed by atoms with van der Waals surface area (Å²) in [7, 11) is 0. The first kappa shape index (κ1) is 18.6. The van der Waals surface area contributed by atoms with Crippen LogP contribution in [0.25, 0.3) is 21.9 Å². The van der Waals surface area contributed by atoms with Gasteiger partial charge >= 0.3 is 0 Å². The Morgan fingerprint density at radius 1 is 1.00 bits per heavy atom. The molecule has 6 heteroatoms. The second-order valence-corrected chi connectivity index (χ2v) is 8.81. The highest BCUT2D eigenvalue weighted by Crippen LogP contribution is 2.43. The molecule has 1 saturated carbocycles. The maximum Gasteiger partial charge on any atom is 0.231 e. The van der Waals surface area contributed by atoms with Gasteiger partial charge in [-0.25, -0.2) is 9.37 Å². The van der Waals surface area contributed by atoms with E-state index in [-0.39, 0.29) is 12.6 Å². The van der Waals surface area contributed by atoms with Crippen molar-refractivity contribution in [3.8, 4) is 11.5 Å². The number of ether oxygens (including phenoxy) is 2. The molecule has 0 bridgehead atoms. The number of rotatable bonds is 3. The predicted molar refractivity (Wildman–Crippen MR) is 117 cm³/mol. The van der Waals surface area contributed by atoms with Gasteiger partial charge in [0.1, 0.15) is 11.6 Å². The molecule has 0 radical (unpaired) electrons. The van der Waals surface area contributed by atoms with Gasteiger partial charge in [-0.1, -0.05) is 6.92 Å². The van der Waals surface area contributed by atoms with Crippen molar-refractivity contribution in [1.29, 1.82) is 0 Å². The number of H-pyrrole nitrogens is 1. The molecule has 2 aromatic carbocycles. The number of fused-ring (bicyclic) bond motifs is 3. The van der Waals surface area contributed by atoms with Crippen molar-refractivity contribution in [3.05, 3.63) is 59.8 Å². The number of aromatic nitrogens is 3. The van der Waals surface area contributed by atoms with E-state index in [2.05, 4.69) is 23.0 Å². The molecule has 158 valence electrons. The number of halogens is 1. The summed E-state index contributed by atoms with van der Waals surface area (Å²) in [6.07, 6.45) is 6.31. The summed E-state index contributed by atoms with van der Waals surface area (Å²) < 4.78 is 24.8. The monoisotopic (exact) mass is 417 g/mol. The fourth-order valence-corrected chi connectivity index (χ4v) is 5.28. The van der Waals surface area contributed by atoms with Crippen molar-refractivity contribution in [2.45, 2.75) is 44.4 Å². The Bertz CT molecular complexity index is 1240. The van der Waals surface area contributed by atoms with Gasteiger partial charge in [0.2, 0.25) is 6.79 Å². The second-order valence-electron chi connectivity index (χ2n) is 8.81. The summed E-state index contributed by atoms with van der Waals surface area (Å²) in [5.41, 5.74) is 4.01. The number of imidazole rings is 1. The van der Waals surface area contributed by atoms with Gasteiger partial charge in [-0.15, -0.1) is 0 Å². The molecule has 1 unspecified atom stereocenters. The molecule has 0 spiro atoms. The molecule has 2 aliphatic rings. The highest BCUT2D eigenvalue weighted by molar-refractivity contribution is 5.82. The largest absolute Gasteiger partial charge is 0.454 e. The van der Waals surface area contributed by atoms with Gasteiger partial charge in [0.15, 0.2) is 11.5 Å². The van der Waals surface area contributed by atoms with Gasteiger partial charge in [-0.05, 0) is 67.3 Å². The standard InChI is InChI=1S/C25H24FN3O2/c1-14(25-28-21-11-23-24(31-13-30-23)12-22(21)29-25)15-2-4-16(5-3-15)18-8-9-27-20-7-6-17(26)10-19(18)20/h6-12,14-16H,2-5,13H2,1H3,(H,28,29)/t14?,15-,16+. The summed E-state index contributed by atoms with van der Waals surface area (Å²) in [5, 5.41) is 0.953. The molecule has 6 rings (SSSR count). The third kappa shape index (κ3) is 3.21. The maximum absolute atomic E-state index is 13.8. The van der Waals surface area contributed by atoms with Gasteiger partial charge in [-0.3, -0.25) is 4.98 Å². The van der Waals surface area contributed by atoms with Crippen molar-refractivity contribution in [2.75, 3.05) is 6.79 Å². The molecule has 0 saturated heterocycles. The first-order valence-electron chi connectivity index (χ1n) is 11.0. The van der Waals surface area contributed by atoms with Gasteiger partial charge in [0.05, 0.1) is 16.6 Å². The van der Waals surface area contributed by atoms with Crippen molar-refractivity contribution < 1.29 is 13.9 Å². The van der Waals surface area contributed by atoms with E-state index in [4.69, 9.17) is 14.5 Å². The third-order valence-electron chi connectivity index (χ3n) is 7.08. The molecule has 0 amide bonds. The lowest BCUT2D eigenvalue weighted by Crippen LogP contribution is -2.19. The molecule has 1 aliphatic heterocycles. The van der Waals surface area contributed by atoms with Crippen molar-refractivity contribution in [1.82, 2.24) is 15.0 Å². The summed E-state index contributed by atoms with van der Waals surface area (Å²) in [4.78, 5) is 12.8. The Labute approximate surface area is 179 Å². The lowest BCUT2D eigenvalue weighted by atomic mass is 9.73. The summed E-state index contributed by atoms with van der Waals surface area (Å²) in [6.45, 7) is 2.54. The lowest BCUT2D eigenvalue weighted by Gasteiger charge is -2.32. The van der Waals surface area contributed by atoms with E-state index in [0.717, 1.165) is 64.9 Å². The number of nitrogens with zero attached hydrogens (tertiary/aromatic N) is 2. The van der Waals surface area contributed by atoms with Gasteiger partial charge in [0, 0.05) is 29.6 Å². The van der Waals surface area contributed by atoms with Gasteiger partial charge < -0.3 is 14.5 Å². The molecule has 4 aromatic rings. The fourth-order valence-electron chi connectivity index (χ4n) is 5.28.